The second kappa shape index (κ2) is 5.21. The molecule has 1 saturated carbocycles. The molecule has 2 N–H and O–H groups in total. The molecule has 0 radical (unpaired) electrons. The molecule has 0 aliphatic heterocycles. The van der Waals surface area contributed by atoms with E-state index in [1.54, 1.807) is 12.1 Å². The lowest BCUT2D eigenvalue weighted by Crippen LogP contribution is -2.29. The molecule has 0 saturated heterocycles. The first-order valence-corrected chi connectivity index (χ1v) is 6.20. The summed E-state index contributed by atoms with van der Waals surface area (Å²) in [6.07, 6.45) is 1.36. The lowest BCUT2D eigenvalue weighted by molar-refractivity contribution is 0.307. The fourth-order valence-corrected chi connectivity index (χ4v) is 2.23. The second-order valence-electron chi connectivity index (χ2n) is 5.29. The summed E-state index contributed by atoms with van der Waals surface area (Å²) < 4.78 is 0. The second-order valence-corrected chi connectivity index (χ2v) is 5.29. The van der Waals surface area contributed by atoms with Gasteiger partial charge in [0.05, 0.1) is 0 Å². The molecule has 2 atom stereocenters. The molecule has 1 aromatic carbocycles. The molecule has 92 valence electrons. The molecule has 0 heterocycles. The third-order valence-electron chi connectivity index (χ3n) is 3.55. The van der Waals surface area contributed by atoms with Crippen molar-refractivity contribution >= 4 is 12.6 Å². The van der Waals surface area contributed by atoms with Gasteiger partial charge < -0.3 is 14.9 Å². The number of rotatable bonds is 5. The molecular formula is C13H20BNO2. The van der Waals surface area contributed by atoms with Crippen molar-refractivity contribution in [1.82, 2.24) is 4.90 Å². The average Bonchev–Trinajstić information content (AvgIpc) is 2.94. The highest BCUT2D eigenvalue weighted by molar-refractivity contribution is 6.58. The molecule has 1 fully saturated rings. The Balaban J connectivity index is 1.85. The van der Waals surface area contributed by atoms with Gasteiger partial charge in [-0.25, -0.2) is 0 Å². The molecule has 3 nitrogen and oxygen atoms in total. The first-order valence-electron chi connectivity index (χ1n) is 6.20. The summed E-state index contributed by atoms with van der Waals surface area (Å²) in [6, 6.07) is 7.46. The van der Waals surface area contributed by atoms with Gasteiger partial charge >= 0.3 is 7.12 Å². The van der Waals surface area contributed by atoms with Gasteiger partial charge in [0, 0.05) is 13.1 Å². The Bertz CT molecular complexity index is 366. The van der Waals surface area contributed by atoms with Crippen LogP contribution in [0.4, 0.5) is 0 Å². The molecule has 1 aliphatic rings. The third-order valence-corrected chi connectivity index (χ3v) is 3.55. The summed E-state index contributed by atoms with van der Waals surface area (Å²) in [7, 11) is 0.772. The average molecular weight is 233 g/mol. The summed E-state index contributed by atoms with van der Waals surface area (Å²) in [6.45, 7) is 4.38. The van der Waals surface area contributed by atoms with Crippen LogP contribution >= 0.6 is 0 Å². The lowest BCUT2D eigenvalue weighted by Gasteiger charge is -2.16. The Hall–Kier alpha value is -0.835. The van der Waals surface area contributed by atoms with Crippen LogP contribution < -0.4 is 5.46 Å². The van der Waals surface area contributed by atoms with E-state index in [0.717, 1.165) is 24.9 Å². The maximum Gasteiger partial charge on any atom is 0.488 e. The van der Waals surface area contributed by atoms with Gasteiger partial charge in [-0.15, -0.1) is 0 Å². The fourth-order valence-electron chi connectivity index (χ4n) is 2.23. The zero-order valence-corrected chi connectivity index (χ0v) is 10.5. The fraction of sp³-hybridized carbons (Fsp3) is 0.538. The Labute approximate surface area is 103 Å². The molecule has 0 amide bonds. The van der Waals surface area contributed by atoms with E-state index in [-0.39, 0.29) is 0 Å². The van der Waals surface area contributed by atoms with Crippen molar-refractivity contribution in [1.29, 1.82) is 0 Å². The van der Waals surface area contributed by atoms with Crippen LogP contribution in [0.15, 0.2) is 24.3 Å². The highest BCUT2D eigenvalue weighted by Crippen LogP contribution is 2.38. The molecule has 17 heavy (non-hydrogen) atoms. The van der Waals surface area contributed by atoms with Crippen molar-refractivity contribution < 1.29 is 10.0 Å². The molecular weight excluding hydrogens is 213 g/mol. The highest BCUT2D eigenvalue weighted by Gasteiger charge is 2.32. The molecule has 0 spiro atoms. The van der Waals surface area contributed by atoms with Gasteiger partial charge in [0.2, 0.25) is 0 Å². The van der Waals surface area contributed by atoms with E-state index < -0.39 is 7.12 Å². The van der Waals surface area contributed by atoms with E-state index in [9.17, 15) is 0 Å². The van der Waals surface area contributed by atoms with Crippen molar-refractivity contribution in [3.05, 3.63) is 29.8 Å². The minimum absolute atomic E-state index is 0.548. The molecule has 0 bridgehead atoms. The first kappa shape index (κ1) is 12.6. The molecule has 1 aromatic rings. The molecule has 0 aromatic heterocycles. The van der Waals surface area contributed by atoms with Gasteiger partial charge in [-0.3, -0.25) is 0 Å². The monoisotopic (exact) mass is 233 g/mol. The van der Waals surface area contributed by atoms with Crippen molar-refractivity contribution in [3.63, 3.8) is 0 Å². The summed E-state index contributed by atoms with van der Waals surface area (Å²) in [5.41, 5.74) is 1.76. The Morgan fingerprint density at radius 1 is 1.29 bits per heavy atom. The minimum atomic E-state index is -1.37. The van der Waals surface area contributed by atoms with E-state index in [2.05, 4.69) is 18.9 Å². The summed E-state index contributed by atoms with van der Waals surface area (Å²) >= 11 is 0. The van der Waals surface area contributed by atoms with Gasteiger partial charge in [-0.2, -0.15) is 0 Å². The maximum atomic E-state index is 9.00. The van der Waals surface area contributed by atoms with Crippen LogP contribution in [-0.4, -0.2) is 35.7 Å². The van der Waals surface area contributed by atoms with Gasteiger partial charge in [-0.1, -0.05) is 31.2 Å². The minimum Gasteiger partial charge on any atom is -0.423 e. The van der Waals surface area contributed by atoms with E-state index in [4.69, 9.17) is 10.0 Å². The Morgan fingerprint density at radius 2 is 1.88 bits per heavy atom. The predicted molar refractivity (Wildman–Crippen MR) is 69.9 cm³/mol. The van der Waals surface area contributed by atoms with Gasteiger partial charge in [-0.05, 0) is 36.3 Å². The van der Waals surface area contributed by atoms with Gasteiger partial charge in [0.15, 0.2) is 0 Å². The quantitative estimate of drug-likeness (QED) is 0.726. The van der Waals surface area contributed by atoms with Crippen LogP contribution in [-0.2, 0) is 6.54 Å². The first-order chi connectivity index (χ1) is 8.06. The summed E-state index contributed by atoms with van der Waals surface area (Å²) in [5.74, 6) is 1.77. The van der Waals surface area contributed by atoms with Crippen molar-refractivity contribution in [2.75, 3.05) is 13.6 Å². The maximum absolute atomic E-state index is 9.00. The van der Waals surface area contributed by atoms with E-state index in [1.807, 2.05) is 12.1 Å². The SMILES string of the molecule is CC1CC1CN(C)Cc1ccc(B(O)O)cc1. The standard InChI is InChI=1S/C13H20BNO2/c1-10-7-12(10)9-15(2)8-11-3-5-13(6-4-11)14(16)17/h3-6,10,12,16-17H,7-9H2,1-2H3. The highest BCUT2D eigenvalue weighted by atomic mass is 16.4. The number of hydrogen-bond donors (Lipinski definition) is 2. The van der Waals surface area contributed by atoms with Crippen LogP contribution in [0.1, 0.15) is 18.9 Å². The predicted octanol–water partition coefficient (Wildman–Crippen LogP) is 0.454. The summed E-state index contributed by atoms with van der Waals surface area (Å²) in [5, 5.41) is 18.0. The lowest BCUT2D eigenvalue weighted by atomic mass is 9.80. The molecule has 2 unspecified atom stereocenters. The topological polar surface area (TPSA) is 43.7 Å². The van der Waals surface area contributed by atoms with Crippen LogP contribution in [0.25, 0.3) is 0 Å². The number of benzene rings is 1. The van der Waals surface area contributed by atoms with Gasteiger partial charge in [0.25, 0.3) is 0 Å². The summed E-state index contributed by atoms with van der Waals surface area (Å²) in [4.78, 5) is 2.33. The van der Waals surface area contributed by atoms with Crippen molar-refractivity contribution in [2.24, 2.45) is 11.8 Å². The zero-order valence-electron chi connectivity index (χ0n) is 10.5. The smallest absolute Gasteiger partial charge is 0.423 e. The Morgan fingerprint density at radius 3 is 2.35 bits per heavy atom. The van der Waals surface area contributed by atoms with E-state index >= 15 is 0 Å². The van der Waals surface area contributed by atoms with E-state index in [1.165, 1.54) is 12.0 Å². The van der Waals surface area contributed by atoms with Gasteiger partial charge in [0.1, 0.15) is 0 Å². The normalized spacial score (nSPS) is 22.9. The molecule has 2 rings (SSSR count). The molecule has 4 heteroatoms. The zero-order chi connectivity index (χ0) is 12.4. The third kappa shape index (κ3) is 3.56. The molecule has 1 aliphatic carbocycles. The number of hydrogen-bond acceptors (Lipinski definition) is 3. The largest absolute Gasteiger partial charge is 0.488 e. The van der Waals surface area contributed by atoms with Crippen LogP contribution in [0.3, 0.4) is 0 Å². The van der Waals surface area contributed by atoms with E-state index in [0.29, 0.717) is 5.46 Å². The Kier molecular flexibility index (Phi) is 3.87. The van der Waals surface area contributed by atoms with Crippen LogP contribution in [0.2, 0.25) is 0 Å². The number of nitrogens with zero attached hydrogens (tertiary/aromatic N) is 1. The van der Waals surface area contributed by atoms with Crippen molar-refractivity contribution in [3.8, 4) is 0 Å². The van der Waals surface area contributed by atoms with Crippen LogP contribution in [0.5, 0.6) is 0 Å². The van der Waals surface area contributed by atoms with Crippen LogP contribution in [0, 0.1) is 11.8 Å². The van der Waals surface area contributed by atoms with Crippen molar-refractivity contribution in [2.45, 2.75) is 19.9 Å².